The minimum atomic E-state index is -1.00. The van der Waals surface area contributed by atoms with Crippen molar-refractivity contribution in [2.75, 3.05) is 6.54 Å². The summed E-state index contributed by atoms with van der Waals surface area (Å²) in [6.07, 6.45) is 3.97. The molecule has 2 atom stereocenters. The summed E-state index contributed by atoms with van der Waals surface area (Å²) in [6.45, 7) is 1.68. The number of para-hydroxylation sites is 1. The third-order valence-corrected chi connectivity index (χ3v) is 4.98. The SMILES string of the molecule is CC(=O)C1C(=O)C(=O)N(CCc2c[nH]c3ccccc23)C1c1ccco1. The van der Waals surface area contributed by atoms with Crippen LogP contribution in [-0.2, 0) is 20.8 Å². The smallest absolute Gasteiger partial charge is 0.291 e. The highest BCUT2D eigenvalue weighted by molar-refractivity contribution is 6.42. The maximum Gasteiger partial charge on any atom is 0.291 e. The number of aromatic amines is 1. The maximum atomic E-state index is 12.5. The topological polar surface area (TPSA) is 83.4 Å². The van der Waals surface area contributed by atoms with Gasteiger partial charge in [-0.25, -0.2) is 0 Å². The second-order valence-electron chi connectivity index (χ2n) is 6.52. The minimum absolute atomic E-state index is 0.320. The number of H-pyrrole nitrogens is 1. The lowest BCUT2D eigenvalue weighted by molar-refractivity contribution is -0.142. The number of benzene rings is 1. The fourth-order valence-corrected chi connectivity index (χ4v) is 3.73. The number of nitrogens with zero attached hydrogens (tertiary/aromatic N) is 1. The molecule has 1 amide bonds. The number of rotatable bonds is 5. The molecule has 0 saturated carbocycles. The Hall–Kier alpha value is -3.15. The van der Waals surface area contributed by atoms with Gasteiger partial charge in [0.2, 0.25) is 5.78 Å². The molecule has 2 unspecified atom stereocenters. The first-order valence-electron chi connectivity index (χ1n) is 8.51. The standard InChI is InChI=1S/C20H18N2O4/c1-12(23)17-18(16-7-4-10-26-16)22(20(25)19(17)24)9-8-13-11-21-15-6-3-2-5-14(13)15/h2-7,10-11,17-18,21H,8-9H2,1H3. The van der Waals surface area contributed by atoms with Gasteiger partial charge < -0.3 is 14.3 Å². The van der Waals surface area contributed by atoms with E-state index in [1.165, 1.54) is 18.1 Å². The third kappa shape index (κ3) is 2.54. The van der Waals surface area contributed by atoms with E-state index in [0.717, 1.165) is 16.5 Å². The first-order valence-corrected chi connectivity index (χ1v) is 8.51. The van der Waals surface area contributed by atoms with Gasteiger partial charge in [-0.1, -0.05) is 18.2 Å². The van der Waals surface area contributed by atoms with Crippen LogP contribution in [0.5, 0.6) is 0 Å². The van der Waals surface area contributed by atoms with Gasteiger partial charge in [-0.3, -0.25) is 14.4 Å². The van der Waals surface area contributed by atoms with E-state index in [1.54, 1.807) is 12.1 Å². The number of nitrogens with one attached hydrogen (secondary N) is 1. The van der Waals surface area contributed by atoms with Gasteiger partial charge in [0.15, 0.2) is 0 Å². The van der Waals surface area contributed by atoms with E-state index in [0.29, 0.717) is 18.7 Å². The molecule has 1 N–H and O–H groups in total. The van der Waals surface area contributed by atoms with Crippen molar-refractivity contribution < 1.29 is 18.8 Å². The second kappa shape index (κ2) is 6.29. The number of aromatic nitrogens is 1. The van der Waals surface area contributed by atoms with E-state index in [2.05, 4.69) is 4.98 Å². The Morgan fingerprint density at radius 1 is 1.19 bits per heavy atom. The molecule has 3 heterocycles. The van der Waals surface area contributed by atoms with Gasteiger partial charge in [-0.2, -0.15) is 0 Å². The van der Waals surface area contributed by atoms with Crippen molar-refractivity contribution in [1.29, 1.82) is 0 Å². The summed E-state index contributed by atoms with van der Waals surface area (Å²) >= 11 is 0. The van der Waals surface area contributed by atoms with Crippen molar-refractivity contribution in [3.8, 4) is 0 Å². The number of hydrogen-bond acceptors (Lipinski definition) is 4. The molecule has 0 radical (unpaired) electrons. The number of fused-ring (bicyclic) bond motifs is 1. The van der Waals surface area contributed by atoms with E-state index in [-0.39, 0.29) is 5.78 Å². The predicted octanol–water partition coefficient (Wildman–Crippen LogP) is 2.66. The number of Topliss-reactive ketones (excluding diaryl/α,β-unsaturated/α-hetero) is 2. The van der Waals surface area contributed by atoms with E-state index in [4.69, 9.17) is 4.42 Å². The largest absolute Gasteiger partial charge is 0.467 e. The molecule has 26 heavy (non-hydrogen) atoms. The van der Waals surface area contributed by atoms with E-state index >= 15 is 0 Å². The van der Waals surface area contributed by atoms with E-state index < -0.39 is 23.7 Å². The molecule has 6 nitrogen and oxygen atoms in total. The summed E-state index contributed by atoms with van der Waals surface area (Å²) in [7, 11) is 0. The van der Waals surface area contributed by atoms with Gasteiger partial charge in [-0.05, 0) is 37.1 Å². The molecule has 6 heteroatoms. The molecule has 3 aromatic rings. The molecule has 0 aliphatic carbocycles. The average molecular weight is 350 g/mol. The van der Waals surface area contributed by atoms with Crippen molar-refractivity contribution in [1.82, 2.24) is 9.88 Å². The molecule has 1 saturated heterocycles. The predicted molar refractivity (Wildman–Crippen MR) is 94.3 cm³/mol. The lowest BCUT2D eigenvalue weighted by Gasteiger charge is -2.24. The Kier molecular flexibility index (Phi) is 3.95. The van der Waals surface area contributed by atoms with Crippen LogP contribution in [-0.4, -0.2) is 33.9 Å². The first kappa shape index (κ1) is 16.3. The fourth-order valence-electron chi connectivity index (χ4n) is 3.73. The van der Waals surface area contributed by atoms with Crippen LogP contribution in [0.1, 0.15) is 24.3 Å². The number of carbonyl (C=O) groups is 3. The van der Waals surface area contributed by atoms with Crippen molar-refractivity contribution in [3.05, 3.63) is 60.2 Å². The lowest BCUT2D eigenvalue weighted by Crippen LogP contribution is -2.32. The lowest BCUT2D eigenvalue weighted by atomic mass is 9.93. The van der Waals surface area contributed by atoms with Crippen molar-refractivity contribution in [2.24, 2.45) is 5.92 Å². The number of hydrogen-bond donors (Lipinski definition) is 1. The summed E-state index contributed by atoms with van der Waals surface area (Å²) in [4.78, 5) is 41.6. The number of carbonyl (C=O) groups excluding carboxylic acids is 3. The average Bonchev–Trinajstić information content (AvgIpc) is 3.33. The summed E-state index contributed by atoms with van der Waals surface area (Å²) in [5.74, 6) is -2.14. The Morgan fingerprint density at radius 2 is 2.00 bits per heavy atom. The second-order valence-corrected chi connectivity index (χ2v) is 6.52. The molecule has 132 valence electrons. The number of likely N-dealkylation sites (tertiary alicyclic amines) is 1. The molecule has 0 bridgehead atoms. The summed E-state index contributed by atoms with van der Waals surface area (Å²) in [6, 6.07) is 10.6. The van der Waals surface area contributed by atoms with Crippen LogP contribution < -0.4 is 0 Å². The van der Waals surface area contributed by atoms with Crippen molar-refractivity contribution >= 4 is 28.4 Å². The van der Waals surface area contributed by atoms with E-state index in [9.17, 15) is 14.4 Å². The Balaban J connectivity index is 1.64. The molecule has 2 aromatic heterocycles. The zero-order valence-electron chi connectivity index (χ0n) is 14.3. The zero-order chi connectivity index (χ0) is 18.3. The van der Waals surface area contributed by atoms with Crippen LogP contribution in [0.3, 0.4) is 0 Å². The molecule has 1 aliphatic heterocycles. The first-order chi connectivity index (χ1) is 12.6. The van der Waals surface area contributed by atoms with Crippen LogP contribution in [0.2, 0.25) is 0 Å². The summed E-state index contributed by atoms with van der Waals surface area (Å²) < 4.78 is 5.43. The Labute approximate surface area is 149 Å². The monoisotopic (exact) mass is 350 g/mol. The third-order valence-electron chi connectivity index (χ3n) is 4.98. The quantitative estimate of drug-likeness (QED) is 0.566. The molecular formula is C20H18N2O4. The number of ketones is 2. The van der Waals surface area contributed by atoms with Crippen LogP contribution in [0.4, 0.5) is 0 Å². The summed E-state index contributed by atoms with van der Waals surface area (Å²) in [5.41, 5.74) is 2.08. The zero-order valence-corrected chi connectivity index (χ0v) is 14.3. The maximum absolute atomic E-state index is 12.5. The van der Waals surface area contributed by atoms with Crippen molar-refractivity contribution in [2.45, 2.75) is 19.4 Å². The van der Waals surface area contributed by atoms with Gasteiger partial charge in [-0.15, -0.1) is 0 Å². The van der Waals surface area contributed by atoms with Gasteiger partial charge in [0.25, 0.3) is 5.91 Å². The Bertz CT molecular complexity index is 986. The number of amides is 1. The van der Waals surface area contributed by atoms with Crippen molar-refractivity contribution in [3.63, 3.8) is 0 Å². The molecule has 1 aliphatic rings. The molecule has 0 spiro atoms. The molecular weight excluding hydrogens is 332 g/mol. The Morgan fingerprint density at radius 3 is 2.73 bits per heavy atom. The summed E-state index contributed by atoms with van der Waals surface area (Å²) in [5, 5.41) is 1.09. The van der Waals surface area contributed by atoms with Crippen LogP contribution in [0.25, 0.3) is 10.9 Å². The van der Waals surface area contributed by atoms with Crippen LogP contribution in [0, 0.1) is 5.92 Å². The normalized spacial score (nSPS) is 20.3. The molecule has 1 aromatic carbocycles. The molecule has 1 fully saturated rings. The van der Waals surface area contributed by atoms with Crippen LogP contribution >= 0.6 is 0 Å². The molecule has 4 rings (SSSR count). The highest BCUT2D eigenvalue weighted by atomic mass is 16.3. The highest BCUT2D eigenvalue weighted by Crippen LogP contribution is 2.37. The number of furan rings is 1. The fraction of sp³-hybridized carbons (Fsp3) is 0.250. The van der Waals surface area contributed by atoms with Gasteiger partial charge in [0.05, 0.1) is 6.26 Å². The van der Waals surface area contributed by atoms with E-state index in [1.807, 2.05) is 30.5 Å². The van der Waals surface area contributed by atoms with Gasteiger partial charge in [0, 0.05) is 23.6 Å². The van der Waals surface area contributed by atoms with Gasteiger partial charge >= 0.3 is 0 Å². The highest BCUT2D eigenvalue weighted by Gasteiger charge is 2.51. The van der Waals surface area contributed by atoms with Crippen LogP contribution in [0.15, 0.2) is 53.3 Å². The minimum Gasteiger partial charge on any atom is -0.467 e. The van der Waals surface area contributed by atoms with Gasteiger partial charge in [0.1, 0.15) is 23.5 Å².